The lowest BCUT2D eigenvalue weighted by Crippen LogP contribution is -2.42. The molecule has 0 aliphatic carbocycles. The molecular formula is C11H22N2O4S. The van der Waals surface area contributed by atoms with Crippen molar-refractivity contribution in [1.29, 1.82) is 0 Å². The Labute approximate surface area is 109 Å². The zero-order valence-electron chi connectivity index (χ0n) is 10.8. The summed E-state index contributed by atoms with van der Waals surface area (Å²) in [7, 11) is -3.46. The van der Waals surface area contributed by atoms with E-state index in [2.05, 4.69) is 0 Å². The van der Waals surface area contributed by atoms with Gasteiger partial charge in [-0.2, -0.15) is 0 Å². The minimum atomic E-state index is -3.46. The fourth-order valence-electron chi connectivity index (χ4n) is 2.22. The van der Waals surface area contributed by atoms with E-state index in [9.17, 15) is 13.2 Å². The molecule has 0 saturated carbocycles. The van der Waals surface area contributed by atoms with Crippen LogP contribution in [-0.4, -0.2) is 51.3 Å². The molecule has 1 unspecified atom stereocenters. The van der Waals surface area contributed by atoms with E-state index in [1.54, 1.807) is 4.90 Å². The highest BCUT2D eigenvalue weighted by Gasteiger charge is 2.25. The zero-order valence-corrected chi connectivity index (χ0v) is 11.6. The van der Waals surface area contributed by atoms with Gasteiger partial charge in [-0.05, 0) is 25.7 Å². The molecule has 18 heavy (non-hydrogen) atoms. The molecule has 1 rings (SSSR count). The van der Waals surface area contributed by atoms with E-state index >= 15 is 0 Å². The average Bonchev–Trinajstić information content (AvgIpc) is 2.27. The van der Waals surface area contributed by atoms with Crippen LogP contribution in [0.1, 0.15) is 26.2 Å². The molecule has 0 aromatic carbocycles. The van der Waals surface area contributed by atoms with Gasteiger partial charge in [0.25, 0.3) is 0 Å². The summed E-state index contributed by atoms with van der Waals surface area (Å²) in [5, 5.41) is 5.03. The van der Waals surface area contributed by atoms with Gasteiger partial charge in [-0.15, -0.1) is 0 Å². The lowest BCUT2D eigenvalue weighted by atomic mass is 10.00. The first-order valence-corrected chi connectivity index (χ1v) is 8.00. The molecule has 0 spiro atoms. The van der Waals surface area contributed by atoms with E-state index in [0.29, 0.717) is 32.7 Å². The van der Waals surface area contributed by atoms with Crippen LogP contribution in [0.3, 0.4) is 0 Å². The predicted octanol–water partition coefficient (Wildman–Crippen LogP) is -0.0599. The highest BCUT2D eigenvalue weighted by molar-refractivity contribution is 7.89. The van der Waals surface area contributed by atoms with Crippen LogP contribution in [0.4, 0.5) is 0 Å². The fraction of sp³-hybridized carbons (Fsp3) is 0.909. The van der Waals surface area contributed by atoms with Crippen molar-refractivity contribution in [3.05, 3.63) is 0 Å². The quantitative estimate of drug-likeness (QED) is 0.689. The van der Waals surface area contributed by atoms with E-state index < -0.39 is 10.0 Å². The molecule has 6 nitrogen and oxygen atoms in total. The van der Waals surface area contributed by atoms with Crippen LogP contribution >= 0.6 is 0 Å². The summed E-state index contributed by atoms with van der Waals surface area (Å²) >= 11 is 0. The van der Waals surface area contributed by atoms with Crippen LogP contribution in [-0.2, 0) is 19.6 Å². The number of piperidine rings is 1. The van der Waals surface area contributed by atoms with Gasteiger partial charge in [-0.3, -0.25) is 4.79 Å². The molecule has 0 radical (unpaired) electrons. The maximum atomic E-state index is 11.8. The molecule has 106 valence electrons. The minimum absolute atomic E-state index is 0.0302. The summed E-state index contributed by atoms with van der Waals surface area (Å²) in [6, 6.07) is 0. The SMILES string of the molecule is CCOCCC(=O)N1CCCC(CS(N)(=O)=O)C1. The number of primary sulfonamides is 1. The molecule has 2 N–H and O–H groups in total. The average molecular weight is 278 g/mol. The molecule has 1 aliphatic rings. The van der Waals surface area contributed by atoms with Gasteiger partial charge in [0.1, 0.15) is 0 Å². The summed E-state index contributed by atoms with van der Waals surface area (Å²) in [5.74, 6) is -0.0465. The summed E-state index contributed by atoms with van der Waals surface area (Å²) < 4.78 is 27.2. The van der Waals surface area contributed by atoms with Gasteiger partial charge in [0, 0.05) is 19.7 Å². The Bertz CT molecular complexity index is 369. The summed E-state index contributed by atoms with van der Waals surface area (Å²) in [6.07, 6.45) is 2.00. The van der Waals surface area contributed by atoms with Crippen LogP contribution in [0, 0.1) is 5.92 Å². The number of ether oxygens (including phenoxy) is 1. The zero-order chi connectivity index (χ0) is 13.6. The molecule has 1 saturated heterocycles. The third-order valence-electron chi connectivity index (χ3n) is 3.00. The van der Waals surface area contributed by atoms with E-state index in [1.165, 1.54) is 0 Å². The maximum Gasteiger partial charge on any atom is 0.224 e. The highest BCUT2D eigenvalue weighted by Crippen LogP contribution is 2.18. The van der Waals surface area contributed by atoms with Crippen molar-refractivity contribution in [2.75, 3.05) is 32.1 Å². The Morgan fingerprint density at radius 2 is 2.22 bits per heavy atom. The van der Waals surface area contributed by atoms with Crippen molar-refractivity contribution in [2.45, 2.75) is 26.2 Å². The highest BCUT2D eigenvalue weighted by atomic mass is 32.2. The number of nitrogens with zero attached hydrogens (tertiary/aromatic N) is 1. The van der Waals surface area contributed by atoms with Gasteiger partial charge >= 0.3 is 0 Å². The summed E-state index contributed by atoms with van der Waals surface area (Å²) in [4.78, 5) is 13.6. The van der Waals surface area contributed by atoms with Crippen LogP contribution in [0.15, 0.2) is 0 Å². The Kier molecular flexibility index (Phi) is 6.04. The second kappa shape index (κ2) is 7.06. The monoisotopic (exact) mass is 278 g/mol. The van der Waals surface area contributed by atoms with Gasteiger partial charge < -0.3 is 9.64 Å². The molecule has 1 aliphatic heterocycles. The minimum Gasteiger partial charge on any atom is -0.381 e. The van der Waals surface area contributed by atoms with Crippen molar-refractivity contribution in [3.63, 3.8) is 0 Å². The first-order chi connectivity index (χ1) is 8.42. The second-order valence-electron chi connectivity index (χ2n) is 4.62. The number of hydrogen-bond acceptors (Lipinski definition) is 4. The van der Waals surface area contributed by atoms with Crippen LogP contribution in [0.25, 0.3) is 0 Å². The molecule has 1 heterocycles. The Morgan fingerprint density at radius 1 is 1.50 bits per heavy atom. The van der Waals surface area contributed by atoms with Crippen molar-refractivity contribution in [1.82, 2.24) is 4.90 Å². The molecular weight excluding hydrogens is 256 g/mol. The smallest absolute Gasteiger partial charge is 0.224 e. The van der Waals surface area contributed by atoms with Crippen molar-refractivity contribution >= 4 is 15.9 Å². The molecule has 1 amide bonds. The maximum absolute atomic E-state index is 11.8. The van der Waals surface area contributed by atoms with E-state index in [-0.39, 0.29) is 17.6 Å². The van der Waals surface area contributed by atoms with Crippen molar-refractivity contribution in [2.24, 2.45) is 11.1 Å². The van der Waals surface area contributed by atoms with Gasteiger partial charge in [0.2, 0.25) is 15.9 Å². The Balaban J connectivity index is 2.40. The largest absolute Gasteiger partial charge is 0.381 e. The number of hydrogen-bond donors (Lipinski definition) is 1. The molecule has 0 bridgehead atoms. The lowest BCUT2D eigenvalue weighted by molar-refractivity contribution is -0.133. The Hall–Kier alpha value is -0.660. The van der Waals surface area contributed by atoms with Gasteiger partial charge in [0.15, 0.2) is 0 Å². The standard InChI is InChI=1S/C11H22N2O4S/c1-2-17-7-5-11(14)13-6-3-4-10(8-13)9-18(12,15)16/h10H,2-9H2,1H3,(H2,12,15,16). The third kappa shape index (κ3) is 5.79. The topological polar surface area (TPSA) is 89.7 Å². The number of likely N-dealkylation sites (tertiary alicyclic amines) is 1. The normalized spacial score (nSPS) is 21.0. The van der Waals surface area contributed by atoms with Gasteiger partial charge in [-0.25, -0.2) is 13.6 Å². The number of nitrogens with two attached hydrogens (primary N) is 1. The number of carbonyl (C=O) groups is 1. The molecule has 0 aromatic heterocycles. The molecule has 7 heteroatoms. The fourth-order valence-corrected chi connectivity index (χ4v) is 3.15. The van der Waals surface area contributed by atoms with Gasteiger partial charge in [-0.1, -0.05) is 0 Å². The first kappa shape index (κ1) is 15.4. The van der Waals surface area contributed by atoms with Crippen LogP contribution in [0.2, 0.25) is 0 Å². The summed E-state index contributed by atoms with van der Waals surface area (Å²) in [6.45, 7) is 4.09. The van der Waals surface area contributed by atoms with Crippen LogP contribution < -0.4 is 5.14 Å². The summed E-state index contributed by atoms with van der Waals surface area (Å²) in [5.41, 5.74) is 0. The Morgan fingerprint density at radius 3 is 2.83 bits per heavy atom. The lowest BCUT2D eigenvalue weighted by Gasteiger charge is -2.32. The van der Waals surface area contributed by atoms with Gasteiger partial charge in [0.05, 0.1) is 18.8 Å². The number of sulfonamides is 1. The van der Waals surface area contributed by atoms with Crippen LogP contribution in [0.5, 0.6) is 0 Å². The van der Waals surface area contributed by atoms with E-state index in [1.807, 2.05) is 6.92 Å². The van der Waals surface area contributed by atoms with E-state index in [4.69, 9.17) is 9.88 Å². The predicted molar refractivity (Wildman–Crippen MR) is 68.4 cm³/mol. The molecule has 0 aromatic rings. The van der Waals surface area contributed by atoms with Crippen molar-refractivity contribution in [3.8, 4) is 0 Å². The van der Waals surface area contributed by atoms with Crippen molar-refractivity contribution < 1.29 is 17.9 Å². The number of rotatable bonds is 6. The third-order valence-corrected chi connectivity index (χ3v) is 3.94. The number of amides is 1. The first-order valence-electron chi connectivity index (χ1n) is 6.28. The number of carbonyl (C=O) groups excluding carboxylic acids is 1. The molecule has 1 fully saturated rings. The molecule has 1 atom stereocenters. The second-order valence-corrected chi connectivity index (χ2v) is 6.28. The van der Waals surface area contributed by atoms with E-state index in [0.717, 1.165) is 12.8 Å².